The first-order chi connectivity index (χ1) is 18.0. The number of rotatable bonds is 14. The Labute approximate surface area is 216 Å². The first-order valence-electron chi connectivity index (χ1n) is 11.8. The summed E-state index contributed by atoms with van der Waals surface area (Å²) in [5.74, 6) is 1.50. The number of nitrogens with one attached hydrogen (secondary N) is 1. The molecule has 2 amide bonds. The lowest BCUT2D eigenvalue weighted by molar-refractivity contribution is -0.110. The first-order valence-corrected chi connectivity index (χ1v) is 11.8. The molecule has 3 N–H and O–H groups in total. The fraction of sp³-hybridized carbons (Fsp3) is 0.214. The Morgan fingerprint density at radius 2 is 1.81 bits per heavy atom. The van der Waals surface area contributed by atoms with Crippen LogP contribution >= 0.6 is 0 Å². The van der Waals surface area contributed by atoms with Gasteiger partial charge < -0.3 is 25.6 Å². The van der Waals surface area contributed by atoms with Crippen LogP contribution in [0.4, 0.5) is 22.9 Å². The van der Waals surface area contributed by atoms with E-state index in [1.165, 1.54) is 0 Å². The topological polar surface area (TPSA) is 125 Å². The standard InChI is InChI=1S/C28H30N6O3/c1-3-4-5-6-23(18-31-19-35)34(20-36)26-15-16-32-28(30)27(26)33(2)22-9-13-25(14-10-22)37-24-11-7-21(17-29)8-12-24/h3,7-16,19-20,23H,1,4-6,18H2,2H3,(H2,30,32)(H,31,35). The molecule has 1 aromatic heterocycles. The van der Waals surface area contributed by atoms with Gasteiger partial charge in [-0.1, -0.05) is 6.08 Å². The highest BCUT2D eigenvalue weighted by Gasteiger charge is 2.24. The number of pyridine rings is 1. The maximum Gasteiger partial charge on any atom is 0.214 e. The molecule has 37 heavy (non-hydrogen) atoms. The second-order valence-corrected chi connectivity index (χ2v) is 8.27. The molecule has 9 nitrogen and oxygen atoms in total. The molecule has 3 rings (SSSR count). The minimum absolute atomic E-state index is 0.262. The number of nitrogens with two attached hydrogens (primary N) is 1. The summed E-state index contributed by atoms with van der Waals surface area (Å²) in [6.45, 7) is 4.05. The smallest absolute Gasteiger partial charge is 0.214 e. The minimum Gasteiger partial charge on any atom is -0.457 e. The van der Waals surface area contributed by atoms with Crippen LogP contribution < -0.4 is 25.6 Å². The quantitative estimate of drug-likeness (QED) is 0.190. The summed E-state index contributed by atoms with van der Waals surface area (Å²) in [6.07, 6.45) is 7.04. The van der Waals surface area contributed by atoms with Crippen molar-refractivity contribution in [2.75, 3.05) is 29.1 Å². The predicted octanol–water partition coefficient (Wildman–Crippen LogP) is 4.53. The normalized spacial score (nSPS) is 11.0. The van der Waals surface area contributed by atoms with Crippen LogP contribution in [0.15, 0.2) is 73.4 Å². The van der Waals surface area contributed by atoms with Crippen molar-refractivity contribution in [3.8, 4) is 17.6 Å². The fourth-order valence-electron chi connectivity index (χ4n) is 3.97. The number of unbranched alkanes of at least 4 members (excludes halogenated alkanes) is 1. The largest absolute Gasteiger partial charge is 0.457 e. The van der Waals surface area contributed by atoms with E-state index in [1.54, 1.807) is 41.4 Å². The summed E-state index contributed by atoms with van der Waals surface area (Å²) in [6, 6.07) is 17.8. The van der Waals surface area contributed by atoms with Gasteiger partial charge in [-0.05, 0) is 73.9 Å². The van der Waals surface area contributed by atoms with E-state index < -0.39 is 0 Å². The number of amides is 2. The van der Waals surface area contributed by atoms with E-state index in [1.807, 2.05) is 42.3 Å². The molecule has 9 heteroatoms. The van der Waals surface area contributed by atoms with Gasteiger partial charge in [0, 0.05) is 25.5 Å². The molecule has 0 saturated heterocycles. The van der Waals surface area contributed by atoms with E-state index >= 15 is 0 Å². The van der Waals surface area contributed by atoms with Gasteiger partial charge in [-0.25, -0.2) is 4.98 Å². The molecule has 190 valence electrons. The van der Waals surface area contributed by atoms with Gasteiger partial charge in [0.2, 0.25) is 12.8 Å². The molecular weight excluding hydrogens is 468 g/mol. The maximum absolute atomic E-state index is 12.3. The van der Waals surface area contributed by atoms with E-state index in [0.717, 1.165) is 24.9 Å². The molecule has 0 radical (unpaired) electrons. The Bertz CT molecular complexity index is 1240. The number of hydrogen-bond acceptors (Lipinski definition) is 7. The zero-order valence-electron chi connectivity index (χ0n) is 20.7. The number of hydrogen-bond donors (Lipinski definition) is 2. The number of nitrogens with zero attached hydrogens (tertiary/aromatic N) is 4. The van der Waals surface area contributed by atoms with E-state index in [9.17, 15) is 9.59 Å². The molecule has 0 aliphatic heterocycles. The lowest BCUT2D eigenvalue weighted by Crippen LogP contribution is -2.42. The van der Waals surface area contributed by atoms with Crippen LogP contribution in [-0.2, 0) is 9.59 Å². The van der Waals surface area contributed by atoms with Crippen molar-refractivity contribution in [1.29, 1.82) is 5.26 Å². The van der Waals surface area contributed by atoms with Crippen molar-refractivity contribution in [2.24, 2.45) is 0 Å². The van der Waals surface area contributed by atoms with Gasteiger partial charge in [0.1, 0.15) is 23.0 Å². The average molecular weight is 499 g/mol. The molecule has 1 heterocycles. The molecule has 0 saturated carbocycles. The van der Waals surface area contributed by atoms with Gasteiger partial charge in [-0.2, -0.15) is 5.26 Å². The second kappa shape index (κ2) is 13.3. The Morgan fingerprint density at radius 3 is 2.41 bits per heavy atom. The first kappa shape index (κ1) is 26.8. The highest BCUT2D eigenvalue weighted by Crippen LogP contribution is 2.38. The van der Waals surface area contributed by atoms with E-state index in [0.29, 0.717) is 47.8 Å². The summed E-state index contributed by atoms with van der Waals surface area (Å²) >= 11 is 0. The van der Waals surface area contributed by atoms with Gasteiger partial charge in [0.05, 0.1) is 23.4 Å². The lowest BCUT2D eigenvalue weighted by Gasteiger charge is -2.32. The Hall–Kier alpha value is -4.84. The Morgan fingerprint density at radius 1 is 1.14 bits per heavy atom. The number of carbonyl (C=O) groups excluding carboxylic acids is 2. The second-order valence-electron chi connectivity index (χ2n) is 8.27. The van der Waals surface area contributed by atoms with Gasteiger partial charge in [-0.15, -0.1) is 6.58 Å². The van der Waals surface area contributed by atoms with Crippen molar-refractivity contribution in [2.45, 2.75) is 25.3 Å². The molecule has 0 aliphatic carbocycles. The van der Waals surface area contributed by atoms with Crippen molar-refractivity contribution in [3.63, 3.8) is 0 Å². The van der Waals surface area contributed by atoms with Gasteiger partial charge in [-0.3, -0.25) is 9.59 Å². The van der Waals surface area contributed by atoms with Gasteiger partial charge in [0.25, 0.3) is 0 Å². The van der Waals surface area contributed by atoms with Gasteiger partial charge in [0.15, 0.2) is 0 Å². The maximum atomic E-state index is 12.3. The number of anilines is 4. The molecule has 0 aliphatic rings. The van der Waals surface area contributed by atoms with Crippen LogP contribution in [0.1, 0.15) is 24.8 Å². The third-order valence-corrected chi connectivity index (χ3v) is 5.88. The summed E-state index contributed by atoms with van der Waals surface area (Å²) in [4.78, 5) is 31.0. The van der Waals surface area contributed by atoms with Crippen LogP contribution in [0.5, 0.6) is 11.5 Å². The van der Waals surface area contributed by atoms with Crippen molar-refractivity contribution in [1.82, 2.24) is 10.3 Å². The highest BCUT2D eigenvalue weighted by molar-refractivity contribution is 5.91. The molecule has 3 aromatic rings. The predicted molar refractivity (Wildman–Crippen MR) is 145 cm³/mol. The number of ether oxygens (including phenoxy) is 1. The third-order valence-electron chi connectivity index (χ3n) is 5.88. The zero-order valence-corrected chi connectivity index (χ0v) is 20.7. The van der Waals surface area contributed by atoms with Gasteiger partial charge >= 0.3 is 0 Å². The Balaban J connectivity index is 1.87. The van der Waals surface area contributed by atoms with Crippen LogP contribution in [0.3, 0.4) is 0 Å². The summed E-state index contributed by atoms with van der Waals surface area (Å²) in [5.41, 5.74) is 8.81. The zero-order chi connectivity index (χ0) is 26.6. The van der Waals surface area contributed by atoms with Crippen molar-refractivity contribution < 1.29 is 14.3 Å². The van der Waals surface area contributed by atoms with E-state index in [2.05, 4.69) is 22.9 Å². The average Bonchev–Trinajstić information content (AvgIpc) is 2.92. The molecule has 2 aromatic carbocycles. The van der Waals surface area contributed by atoms with Crippen LogP contribution in [0.25, 0.3) is 0 Å². The number of aromatic nitrogens is 1. The molecular formula is C28H30N6O3. The van der Waals surface area contributed by atoms with Crippen LogP contribution in [0.2, 0.25) is 0 Å². The molecule has 0 spiro atoms. The molecule has 1 unspecified atom stereocenters. The highest BCUT2D eigenvalue weighted by atomic mass is 16.5. The molecule has 1 atom stereocenters. The van der Waals surface area contributed by atoms with Crippen molar-refractivity contribution in [3.05, 3.63) is 79.0 Å². The third kappa shape index (κ3) is 6.86. The molecule has 0 fully saturated rings. The van der Waals surface area contributed by atoms with E-state index in [-0.39, 0.29) is 11.9 Å². The number of nitriles is 1. The number of benzene rings is 2. The van der Waals surface area contributed by atoms with Crippen LogP contribution in [0, 0.1) is 11.3 Å². The summed E-state index contributed by atoms with van der Waals surface area (Å²) < 4.78 is 5.88. The summed E-state index contributed by atoms with van der Waals surface area (Å²) in [5, 5.41) is 11.6. The Kier molecular flexibility index (Phi) is 9.62. The SMILES string of the molecule is C=CCCCC(CNC=O)N(C=O)c1ccnc(N)c1N(C)c1ccc(Oc2ccc(C#N)cc2)cc1. The fourth-order valence-corrected chi connectivity index (χ4v) is 3.97. The van der Waals surface area contributed by atoms with E-state index in [4.69, 9.17) is 15.7 Å². The molecule has 0 bridgehead atoms. The number of nitrogen functional groups attached to an aromatic ring is 1. The van der Waals surface area contributed by atoms with Crippen molar-refractivity contribution >= 4 is 35.7 Å². The van der Waals surface area contributed by atoms with Crippen LogP contribution in [-0.4, -0.2) is 37.4 Å². The lowest BCUT2D eigenvalue weighted by atomic mass is 10.1. The number of allylic oxidation sites excluding steroid dienone is 1. The minimum atomic E-state index is -0.278. The monoisotopic (exact) mass is 498 g/mol. The number of carbonyl (C=O) groups is 2. The summed E-state index contributed by atoms with van der Waals surface area (Å²) in [7, 11) is 1.84.